The Kier molecular flexibility index (Phi) is 4.74. The van der Waals surface area contributed by atoms with Gasteiger partial charge < -0.3 is 15.0 Å². The molecule has 0 radical (unpaired) electrons. The highest BCUT2D eigenvalue weighted by atomic mass is 16.5. The topological polar surface area (TPSA) is 71.5 Å². The summed E-state index contributed by atoms with van der Waals surface area (Å²) >= 11 is 0. The lowest BCUT2D eigenvalue weighted by Crippen LogP contribution is -2.45. The van der Waals surface area contributed by atoms with E-state index in [0.717, 1.165) is 0 Å². The fraction of sp³-hybridized carbons (Fsp3) is 0.278. The second-order valence-corrected chi connectivity index (χ2v) is 5.58. The monoisotopic (exact) mass is 325 g/mol. The third-order valence-electron chi connectivity index (χ3n) is 3.93. The van der Waals surface area contributed by atoms with Gasteiger partial charge in [0.15, 0.2) is 11.4 Å². The summed E-state index contributed by atoms with van der Waals surface area (Å²) in [5.41, 5.74) is 0.211. The largest absolute Gasteiger partial charge is 0.455 e. The van der Waals surface area contributed by atoms with E-state index in [9.17, 15) is 9.59 Å². The first kappa shape index (κ1) is 16.0. The van der Waals surface area contributed by atoms with Gasteiger partial charge in [0.05, 0.1) is 0 Å². The van der Waals surface area contributed by atoms with Crippen molar-refractivity contribution in [3.8, 4) is 11.5 Å². The number of benzene rings is 1. The Labute approximate surface area is 140 Å². The van der Waals surface area contributed by atoms with Gasteiger partial charge in [0.2, 0.25) is 5.91 Å². The molecule has 1 aromatic carbocycles. The number of rotatable bonds is 3. The number of nitrogens with zero attached hydrogens (tertiary/aromatic N) is 2. The van der Waals surface area contributed by atoms with Crippen LogP contribution in [0.3, 0.4) is 0 Å². The standard InChI is InChI=1S/C18H19N3O3/c1-13-17(22)20-11-6-12-21(13)18(23)16-15(9-5-10-19-16)24-14-7-3-2-4-8-14/h2-5,7-10,13H,6,11-12H2,1H3,(H,20,22)/t13-/m1/s1. The van der Waals surface area contributed by atoms with Gasteiger partial charge >= 0.3 is 0 Å². The SMILES string of the molecule is C[C@@H]1C(=O)NCCCN1C(=O)c1ncccc1Oc1ccccc1. The molecule has 0 aliphatic carbocycles. The van der Waals surface area contributed by atoms with Gasteiger partial charge in [-0.25, -0.2) is 4.98 Å². The van der Waals surface area contributed by atoms with E-state index >= 15 is 0 Å². The fourth-order valence-corrected chi connectivity index (χ4v) is 2.61. The number of amides is 2. The number of nitrogens with one attached hydrogen (secondary N) is 1. The molecular weight excluding hydrogens is 306 g/mol. The van der Waals surface area contributed by atoms with Crippen molar-refractivity contribution >= 4 is 11.8 Å². The molecular formula is C18H19N3O3. The lowest BCUT2D eigenvalue weighted by atomic mass is 10.2. The molecule has 1 atom stereocenters. The van der Waals surface area contributed by atoms with Crippen LogP contribution in [-0.2, 0) is 4.79 Å². The molecule has 1 N–H and O–H groups in total. The van der Waals surface area contributed by atoms with Crippen molar-refractivity contribution in [3.63, 3.8) is 0 Å². The predicted molar refractivity (Wildman–Crippen MR) is 88.9 cm³/mol. The first-order valence-electron chi connectivity index (χ1n) is 7.93. The first-order valence-corrected chi connectivity index (χ1v) is 7.93. The average molecular weight is 325 g/mol. The summed E-state index contributed by atoms with van der Waals surface area (Å²) in [6.45, 7) is 2.79. The smallest absolute Gasteiger partial charge is 0.277 e. The van der Waals surface area contributed by atoms with Gasteiger partial charge in [-0.2, -0.15) is 0 Å². The van der Waals surface area contributed by atoms with E-state index in [2.05, 4.69) is 10.3 Å². The molecule has 0 spiro atoms. The summed E-state index contributed by atoms with van der Waals surface area (Å²) in [4.78, 5) is 30.6. The van der Waals surface area contributed by atoms with Crippen LogP contribution in [0.2, 0.25) is 0 Å². The second kappa shape index (κ2) is 7.12. The van der Waals surface area contributed by atoms with Crippen molar-refractivity contribution in [3.05, 3.63) is 54.4 Å². The molecule has 2 aromatic rings. The Morgan fingerprint density at radius 2 is 2.04 bits per heavy atom. The molecule has 1 aromatic heterocycles. The number of hydrogen-bond donors (Lipinski definition) is 1. The maximum Gasteiger partial charge on any atom is 0.277 e. The van der Waals surface area contributed by atoms with E-state index in [4.69, 9.17) is 4.74 Å². The summed E-state index contributed by atoms with van der Waals surface area (Å²) < 4.78 is 5.80. The van der Waals surface area contributed by atoms with Gasteiger partial charge in [0.25, 0.3) is 5.91 Å². The molecule has 1 aliphatic rings. The van der Waals surface area contributed by atoms with Crippen LogP contribution in [0.5, 0.6) is 11.5 Å². The zero-order valence-corrected chi connectivity index (χ0v) is 13.4. The third kappa shape index (κ3) is 3.37. The number of pyridine rings is 1. The third-order valence-corrected chi connectivity index (χ3v) is 3.93. The highest BCUT2D eigenvalue weighted by Crippen LogP contribution is 2.25. The van der Waals surface area contributed by atoms with E-state index in [1.54, 1.807) is 30.2 Å². The summed E-state index contributed by atoms with van der Waals surface area (Å²) in [6, 6.07) is 12.1. The van der Waals surface area contributed by atoms with Crippen molar-refractivity contribution in [2.45, 2.75) is 19.4 Å². The molecule has 0 saturated carbocycles. The van der Waals surface area contributed by atoms with E-state index < -0.39 is 6.04 Å². The number of carbonyl (C=O) groups excluding carboxylic acids is 2. The molecule has 0 unspecified atom stereocenters. The second-order valence-electron chi connectivity index (χ2n) is 5.58. The quantitative estimate of drug-likeness (QED) is 0.939. The minimum atomic E-state index is -0.536. The Morgan fingerprint density at radius 1 is 1.25 bits per heavy atom. The van der Waals surface area contributed by atoms with Crippen molar-refractivity contribution in [2.24, 2.45) is 0 Å². The highest BCUT2D eigenvalue weighted by Gasteiger charge is 2.30. The van der Waals surface area contributed by atoms with Crippen molar-refractivity contribution in [1.82, 2.24) is 15.2 Å². The van der Waals surface area contributed by atoms with Crippen LogP contribution in [0.25, 0.3) is 0 Å². The van der Waals surface area contributed by atoms with Gasteiger partial charge in [-0.05, 0) is 37.6 Å². The molecule has 2 amide bonds. The zero-order valence-electron chi connectivity index (χ0n) is 13.4. The first-order chi connectivity index (χ1) is 11.7. The lowest BCUT2D eigenvalue weighted by Gasteiger charge is -2.25. The predicted octanol–water partition coefficient (Wildman–Crippen LogP) is 2.22. The molecule has 3 rings (SSSR count). The van der Waals surface area contributed by atoms with Gasteiger partial charge in [0, 0.05) is 19.3 Å². The van der Waals surface area contributed by atoms with Gasteiger partial charge in [0.1, 0.15) is 11.8 Å². The Bertz CT molecular complexity index is 733. The van der Waals surface area contributed by atoms with Gasteiger partial charge in [-0.1, -0.05) is 18.2 Å². The number of ether oxygens (including phenoxy) is 1. The maximum absolute atomic E-state index is 12.9. The zero-order chi connectivity index (χ0) is 16.9. The summed E-state index contributed by atoms with van der Waals surface area (Å²) in [6.07, 6.45) is 2.26. The molecule has 124 valence electrons. The Balaban J connectivity index is 1.88. The summed E-state index contributed by atoms with van der Waals surface area (Å²) in [5, 5.41) is 2.80. The van der Waals surface area contributed by atoms with Crippen molar-refractivity contribution < 1.29 is 14.3 Å². The van der Waals surface area contributed by atoms with Crippen LogP contribution in [0.15, 0.2) is 48.7 Å². The number of hydrogen-bond acceptors (Lipinski definition) is 4. The average Bonchev–Trinajstić information content (AvgIpc) is 2.77. The van der Waals surface area contributed by atoms with E-state index in [1.807, 2.05) is 30.3 Å². The number of carbonyl (C=O) groups is 2. The number of para-hydroxylation sites is 1. The molecule has 0 bridgehead atoms. The van der Waals surface area contributed by atoms with Gasteiger partial charge in [-0.15, -0.1) is 0 Å². The van der Waals surface area contributed by atoms with E-state index in [0.29, 0.717) is 31.0 Å². The van der Waals surface area contributed by atoms with E-state index in [-0.39, 0.29) is 17.5 Å². The summed E-state index contributed by atoms with van der Waals surface area (Å²) in [5.74, 6) is 0.556. The summed E-state index contributed by atoms with van der Waals surface area (Å²) in [7, 11) is 0. The minimum absolute atomic E-state index is 0.151. The minimum Gasteiger partial charge on any atom is -0.455 e. The van der Waals surface area contributed by atoms with E-state index in [1.165, 1.54) is 0 Å². The molecule has 1 fully saturated rings. The lowest BCUT2D eigenvalue weighted by molar-refractivity contribution is -0.124. The van der Waals surface area contributed by atoms with Crippen LogP contribution in [0.4, 0.5) is 0 Å². The highest BCUT2D eigenvalue weighted by molar-refractivity contribution is 5.98. The fourth-order valence-electron chi connectivity index (χ4n) is 2.61. The molecule has 2 heterocycles. The number of aromatic nitrogens is 1. The van der Waals surface area contributed by atoms with Crippen LogP contribution in [0.1, 0.15) is 23.8 Å². The normalized spacial score (nSPS) is 17.8. The Hall–Kier alpha value is -2.89. The Morgan fingerprint density at radius 3 is 2.83 bits per heavy atom. The van der Waals surface area contributed by atoms with Crippen LogP contribution >= 0.6 is 0 Å². The molecule has 24 heavy (non-hydrogen) atoms. The van der Waals surface area contributed by atoms with Crippen molar-refractivity contribution in [2.75, 3.05) is 13.1 Å². The van der Waals surface area contributed by atoms with Crippen molar-refractivity contribution in [1.29, 1.82) is 0 Å². The van der Waals surface area contributed by atoms with Crippen LogP contribution in [0, 0.1) is 0 Å². The van der Waals surface area contributed by atoms with Crippen LogP contribution in [-0.4, -0.2) is 40.8 Å². The molecule has 6 heteroatoms. The molecule has 6 nitrogen and oxygen atoms in total. The van der Waals surface area contributed by atoms with Crippen LogP contribution < -0.4 is 10.1 Å². The van der Waals surface area contributed by atoms with Gasteiger partial charge in [-0.3, -0.25) is 9.59 Å². The maximum atomic E-state index is 12.9. The molecule has 1 aliphatic heterocycles. The molecule has 1 saturated heterocycles.